The lowest BCUT2D eigenvalue weighted by Gasteiger charge is -2.35. The number of rotatable bonds is 4. The first-order valence-electron chi connectivity index (χ1n) is 12.7. The Balaban J connectivity index is 2.35. The Hall–Kier alpha value is -1.94. The molecule has 0 radical (unpaired) electrons. The van der Waals surface area contributed by atoms with Gasteiger partial charge in [-0.25, -0.2) is 9.37 Å². The van der Waals surface area contributed by atoms with Crippen LogP contribution in [0.25, 0.3) is 6.08 Å². The van der Waals surface area contributed by atoms with Gasteiger partial charge in [0, 0.05) is 30.3 Å². The highest BCUT2D eigenvalue weighted by Gasteiger charge is 2.43. The second-order valence-electron chi connectivity index (χ2n) is 10.3. The lowest BCUT2D eigenvalue weighted by Crippen LogP contribution is -2.46. The van der Waals surface area contributed by atoms with Crippen LogP contribution in [0.5, 0.6) is 0 Å². The smallest absolute Gasteiger partial charge is 0.309 e. The van der Waals surface area contributed by atoms with Gasteiger partial charge in [-0.05, 0) is 38.5 Å². The van der Waals surface area contributed by atoms with Crippen LogP contribution in [-0.2, 0) is 20.9 Å². The van der Waals surface area contributed by atoms with Gasteiger partial charge in [-0.3, -0.25) is 9.59 Å². The average molecular weight is 525 g/mol. The van der Waals surface area contributed by atoms with Crippen LogP contribution in [-0.4, -0.2) is 45.3 Å². The molecule has 2 rings (SSSR count). The molecule has 1 aliphatic heterocycles. The summed E-state index contributed by atoms with van der Waals surface area (Å²) in [6, 6.07) is 0. The number of cyclic esters (lactones) is 1. The van der Waals surface area contributed by atoms with Gasteiger partial charge in [0.15, 0.2) is 6.10 Å². The number of halogens is 1. The summed E-state index contributed by atoms with van der Waals surface area (Å²) in [4.78, 5) is 30.3. The van der Waals surface area contributed by atoms with Gasteiger partial charge in [-0.1, -0.05) is 39.3 Å². The van der Waals surface area contributed by atoms with Crippen molar-refractivity contribution >= 4 is 29.2 Å². The minimum Gasteiger partial charge on any atom is -0.455 e. The van der Waals surface area contributed by atoms with Crippen molar-refractivity contribution in [2.45, 2.75) is 98.0 Å². The Morgan fingerprint density at radius 2 is 2.06 bits per heavy atom. The maximum atomic E-state index is 15.2. The molecule has 0 amide bonds. The summed E-state index contributed by atoms with van der Waals surface area (Å²) in [5.74, 6) is -2.53. The van der Waals surface area contributed by atoms with Crippen molar-refractivity contribution in [1.29, 1.82) is 0 Å². The molecule has 0 aromatic carbocycles. The molecule has 36 heavy (non-hydrogen) atoms. The number of ether oxygens (including phenoxy) is 1. The van der Waals surface area contributed by atoms with E-state index >= 15 is 4.39 Å². The number of hydrogen-bond acceptors (Lipinski definition) is 8. The van der Waals surface area contributed by atoms with Crippen LogP contribution < -0.4 is 5.73 Å². The number of carbonyl (C=O) groups excluding carboxylic acids is 2. The van der Waals surface area contributed by atoms with Crippen molar-refractivity contribution in [1.82, 2.24) is 4.98 Å². The second kappa shape index (κ2) is 13.6. The molecule has 9 heteroatoms. The zero-order chi connectivity index (χ0) is 27.0. The zero-order valence-electron chi connectivity index (χ0n) is 22.0. The van der Waals surface area contributed by atoms with Crippen molar-refractivity contribution in [2.24, 2.45) is 23.0 Å². The molecule has 1 aliphatic rings. The maximum absolute atomic E-state index is 15.2. The molecule has 0 spiro atoms. The number of ketones is 1. The first-order valence-corrected chi connectivity index (χ1v) is 13.6. The van der Waals surface area contributed by atoms with Gasteiger partial charge in [0.2, 0.25) is 0 Å². The minimum atomic E-state index is -1.35. The van der Waals surface area contributed by atoms with Gasteiger partial charge >= 0.3 is 5.97 Å². The lowest BCUT2D eigenvalue weighted by atomic mass is 9.71. The van der Waals surface area contributed by atoms with Crippen LogP contribution in [0.15, 0.2) is 22.9 Å². The number of nitrogens with two attached hydrogens (primary N) is 1. The highest BCUT2D eigenvalue weighted by atomic mass is 32.1. The third-order valence-electron chi connectivity index (χ3n) is 7.12. The standard InChI is InChI=1S/C27H41FN2O5S/c1-6-19-25(33)17(3)9-7-8-16(2)10-11-21(20(28)12-18-15-36-23(14-29)30-18)35-24(32)13-22(31)27(4,5)26(19)34/h10,12,15,17,19,21-22,25,31,33H,6-9,11,13-14,29H2,1-5H3. The van der Waals surface area contributed by atoms with E-state index in [9.17, 15) is 19.8 Å². The predicted octanol–water partition coefficient (Wildman–Crippen LogP) is 4.71. The molecule has 5 unspecified atom stereocenters. The summed E-state index contributed by atoms with van der Waals surface area (Å²) in [5.41, 5.74) is 5.70. The van der Waals surface area contributed by atoms with Crippen LogP contribution in [0.4, 0.5) is 4.39 Å². The van der Waals surface area contributed by atoms with Crippen molar-refractivity contribution in [2.75, 3.05) is 0 Å². The first-order chi connectivity index (χ1) is 16.9. The molecule has 5 atom stereocenters. The molecule has 0 saturated carbocycles. The van der Waals surface area contributed by atoms with Gasteiger partial charge in [0.05, 0.1) is 29.7 Å². The van der Waals surface area contributed by atoms with E-state index in [1.807, 2.05) is 26.8 Å². The van der Waals surface area contributed by atoms with Crippen molar-refractivity contribution in [3.63, 3.8) is 0 Å². The molecule has 1 aromatic rings. The first kappa shape index (κ1) is 30.3. The Bertz CT molecular complexity index is 958. The predicted molar refractivity (Wildman–Crippen MR) is 140 cm³/mol. The summed E-state index contributed by atoms with van der Waals surface area (Å²) >= 11 is 1.32. The number of aliphatic hydroxyl groups excluding tert-OH is 2. The van der Waals surface area contributed by atoms with Gasteiger partial charge in [0.25, 0.3) is 0 Å². The van der Waals surface area contributed by atoms with Gasteiger partial charge in [0.1, 0.15) is 16.6 Å². The molecular weight excluding hydrogens is 483 g/mol. The molecule has 0 saturated heterocycles. The Kier molecular flexibility index (Phi) is 11.4. The van der Waals surface area contributed by atoms with E-state index in [4.69, 9.17) is 10.5 Å². The minimum absolute atomic E-state index is 0.109. The lowest BCUT2D eigenvalue weighted by molar-refractivity contribution is -0.155. The quantitative estimate of drug-likeness (QED) is 0.385. The summed E-state index contributed by atoms with van der Waals surface area (Å²) in [5, 5.41) is 24.1. The van der Waals surface area contributed by atoms with E-state index in [-0.39, 0.29) is 24.7 Å². The fourth-order valence-corrected chi connectivity index (χ4v) is 5.09. The van der Waals surface area contributed by atoms with E-state index in [0.29, 0.717) is 17.1 Å². The normalized spacial score (nSPS) is 29.5. The Morgan fingerprint density at radius 1 is 1.36 bits per heavy atom. The molecule has 0 fully saturated rings. The molecule has 1 aromatic heterocycles. The van der Waals surface area contributed by atoms with E-state index in [1.165, 1.54) is 17.4 Å². The van der Waals surface area contributed by atoms with E-state index in [1.54, 1.807) is 19.2 Å². The van der Waals surface area contributed by atoms with Crippen molar-refractivity contribution in [3.05, 3.63) is 33.6 Å². The number of allylic oxidation sites excluding steroid dienone is 1. The van der Waals surface area contributed by atoms with Crippen molar-refractivity contribution < 1.29 is 28.9 Å². The summed E-state index contributed by atoms with van der Waals surface area (Å²) in [6.45, 7) is 9.08. The molecule has 202 valence electrons. The number of hydrogen-bond donors (Lipinski definition) is 3. The van der Waals surface area contributed by atoms with Crippen LogP contribution in [0.1, 0.15) is 83.8 Å². The number of aromatic nitrogens is 1. The summed E-state index contributed by atoms with van der Waals surface area (Å²) < 4.78 is 20.7. The Labute approximate surface area is 217 Å². The Morgan fingerprint density at radius 3 is 2.67 bits per heavy atom. The number of thiazole rings is 1. The molecule has 4 N–H and O–H groups in total. The number of esters is 1. The largest absolute Gasteiger partial charge is 0.455 e. The topological polar surface area (TPSA) is 123 Å². The van der Waals surface area contributed by atoms with Gasteiger partial charge in [-0.2, -0.15) is 0 Å². The van der Waals surface area contributed by atoms with E-state index in [0.717, 1.165) is 24.8 Å². The second-order valence-corrected chi connectivity index (χ2v) is 11.3. The number of Topliss-reactive ketones (excluding diaryl/α,β-unsaturated/α-hetero) is 1. The van der Waals surface area contributed by atoms with Gasteiger partial charge < -0.3 is 20.7 Å². The molecule has 2 heterocycles. The molecule has 7 nitrogen and oxygen atoms in total. The molecule has 0 aliphatic carbocycles. The fraction of sp³-hybridized carbons (Fsp3) is 0.667. The SMILES string of the molecule is CCC1C(=O)C(C)(C)C(O)CC(=O)OC(C(F)=Cc2csc(CN)n2)CC=C(C)CCCC(C)C1O. The fourth-order valence-electron chi connectivity index (χ4n) is 4.46. The van der Waals surface area contributed by atoms with Crippen LogP contribution in [0.2, 0.25) is 0 Å². The number of nitrogens with zero attached hydrogens (tertiary/aromatic N) is 1. The third-order valence-corrected chi connectivity index (χ3v) is 8.01. The van der Waals surface area contributed by atoms with Crippen molar-refractivity contribution in [3.8, 4) is 0 Å². The third kappa shape index (κ3) is 8.03. The average Bonchev–Trinajstić information content (AvgIpc) is 3.28. The van der Waals surface area contributed by atoms with Crippen LogP contribution in [0, 0.1) is 17.3 Å². The summed E-state index contributed by atoms with van der Waals surface area (Å²) in [6.07, 6.45) is 2.04. The zero-order valence-corrected chi connectivity index (χ0v) is 22.8. The molecule has 0 bridgehead atoms. The highest BCUT2D eigenvalue weighted by molar-refractivity contribution is 7.09. The molecular formula is C27H41FN2O5S. The van der Waals surface area contributed by atoms with Crippen LogP contribution >= 0.6 is 11.3 Å². The van der Waals surface area contributed by atoms with Gasteiger partial charge in [-0.15, -0.1) is 11.3 Å². The summed E-state index contributed by atoms with van der Waals surface area (Å²) in [7, 11) is 0. The van der Waals surface area contributed by atoms with E-state index < -0.39 is 47.9 Å². The van der Waals surface area contributed by atoms with E-state index in [2.05, 4.69) is 4.98 Å². The van der Waals surface area contributed by atoms with Crippen LogP contribution in [0.3, 0.4) is 0 Å². The monoisotopic (exact) mass is 524 g/mol. The number of carbonyl (C=O) groups is 2. The number of aliphatic hydroxyl groups is 2. The highest BCUT2D eigenvalue weighted by Crippen LogP contribution is 2.34. The maximum Gasteiger partial charge on any atom is 0.309 e.